The van der Waals surface area contributed by atoms with Gasteiger partial charge in [-0.3, -0.25) is 0 Å². The first-order chi connectivity index (χ1) is 7.47. The smallest absolute Gasteiger partial charge is 0.212 e. The minimum absolute atomic E-state index is 0.102. The minimum Gasteiger partial charge on any atom is -0.316 e. The fraction of sp³-hybridized carbons (Fsp3) is 1.00. The van der Waals surface area contributed by atoms with Crippen LogP contribution in [0.15, 0.2) is 0 Å². The Morgan fingerprint density at radius 1 is 1.44 bits per heavy atom. The second kappa shape index (κ2) is 6.23. The molecule has 6 heteroatoms. The van der Waals surface area contributed by atoms with Gasteiger partial charge in [0.1, 0.15) is 0 Å². The van der Waals surface area contributed by atoms with E-state index in [4.69, 9.17) is 0 Å². The van der Waals surface area contributed by atoms with Crippen molar-refractivity contribution in [3.63, 3.8) is 0 Å². The summed E-state index contributed by atoms with van der Waals surface area (Å²) in [7, 11) is -3.11. The lowest BCUT2D eigenvalue weighted by atomic mass is 10.1. The number of sulfonamides is 1. The van der Waals surface area contributed by atoms with Crippen molar-refractivity contribution in [2.75, 3.05) is 31.1 Å². The Labute approximate surface area is 103 Å². The van der Waals surface area contributed by atoms with E-state index >= 15 is 0 Å². The van der Waals surface area contributed by atoms with Gasteiger partial charge in [0.2, 0.25) is 10.0 Å². The van der Waals surface area contributed by atoms with Gasteiger partial charge < -0.3 is 5.32 Å². The van der Waals surface area contributed by atoms with E-state index in [0.29, 0.717) is 13.1 Å². The minimum atomic E-state index is -3.11. The molecule has 0 aliphatic carbocycles. The highest BCUT2D eigenvalue weighted by Crippen LogP contribution is 2.37. The van der Waals surface area contributed by atoms with E-state index in [-0.39, 0.29) is 10.5 Å². The van der Waals surface area contributed by atoms with Crippen LogP contribution in [0.5, 0.6) is 0 Å². The molecule has 1 fully saturated rings. The Hall–Kier alpha value is 0.220. The third-order valence-electron chi connectivity index (χ3n) is 2.76. The summed E-state index contributed by atoms with van der Waals surface area (Å²) < 4.78 is 26.1. The van der Waals surface area contributed by atoms with Gasteiger partial charge in [0.15, 0.2) is 0 Å². The average Bonchev–Trinajstić information content (AvgIpc) is 2.64. The highest BCUT2D eigenvalue weighted by atomic mass is 32.2. The molecule has 0 aromatic rings. The van der Waals surface area contributed by atoms with Gasteiger partial charge in [-0.05, 0) is 32.1 Å². The second-order valence-electron chi connectivity index (χ2n) is 4.40. The van der Waals surface area contributed by atoms with Crippen LogP contribution in [0.1, 0.15) is 26.7 Å². The van der Waals surface area contributed by atoms with Crippen molar-refractivity contribution in [3.8, 4) is 0 Å². The summed E-state index contributed by atoms with van der Waals surface area (Å²) >= 11 is 1.87. The lowest BCUT2D eigenvalue weighted by molar-refractivity contribution is 0.550. The van der Waals surface area contributed by atoms with Gasteiger partial charge >= 0.3 is 0 Å². The molecule has 0 spiro atoms. The molecule has 1 aliphatic heterocycles. The van der Waals surface area contributed by atoms with Crippen LogP contribution >= 0.6 is 11.8 Å². The maximum atomic E-state index is 11.6. The number of hydrogen-bond acceptors (Lipinski definition) is 4. The number of thioether (sulfide) groups is 1. The van der Waals surface area contributed by atoms with Crippen LogP contribution in [-0.4, -0.2) is 44.3 Å². The Morgan fingerprint density at radius 3 is 2.75 bits per heavy atom. The summed E-state index contributed by atoms with van der Waals surface area (Å²) in [4.78, 5) is 0. The molecule has 1 rings (SSSR count). The summed E-state index contributed by atoms with van der Waals surface area (Å²) in [5, 5.41) is 3.02. The van der Waals surface area contributed by atoms with Crippen molar-refractivity contribution >= 4 is 21.8 Å². The van der Waals surface area contributed by atoms with Crippen molar-refractivity contribution < 1.29 is 8.42 Å². The molecule has 4 nitrogen and oxygen atoms in total. The van der Waals surface area contributed by atoms with Crippen LogP contribution in [0.25, 0.3) is 0 Å². The Kier molecular flexibility index (Phi) is 5.56. The molecular formula is C10H22N2O2S2. The molecule has 16 heavy (non-hydrogen) atoms. The normalized spacial score (nSPS) is 26.1. The van der Waals surface area contributed by atoms with Crippen LogP contribution < -0.4 is 10.0 Å². The van der Waals surface area contributed by atoms with Crippen LogP contribution in [0, 0.1) is 0 Å². The highest BCUT2D eigenvalue weighted by Gasteiger charge is 2.30. The molecule has 1 saturated heterocycles. The van der Waals surface area contributed by atoms with Gasteiger partial charge in [-0.2, -0.15) is 11.8 Å². The van der Waals surface area contributed by atoms with Crippen molar-refractivity contribution in [1.29, 1.82) is 0 Å². The number of hydrogen-bond donors (Lipinski definition) is 2. The molecule has 0 radical (unpaired) electrons. The molecule has 1 unspecified atom stereocenters. The van der Waals surface area contributed by atoms with Gasteiger partial charge in [0.05, 0.1) is 5.75 Å². The SMILES string of the molecule is CCNCCS(=O)(=O)NCC1(C)CCCS1. The van der Waals surface area contributed by atoms with E-state index in [1.807, 2.05) is 18.7 Å². The van der Waals surface area contributed by atoms with Crippen LogP contribution in [-0.2, 0) is 10.0 Å². The summed E-state index contributed by atoms with van der Waals surface area (Å²) in [5.41, 5.74) is 0. The molecule has 1 atom stereocenters. The Balaban J connectivity index is 2.30. The predicted octanol–water partition coefficient (Wildman–Crippen LogP) is 0.801. The maximum absolute atomic E-state index is 11.6. The molecule has 96 valence electrons. The Morgan fingerprint density at radius 2 is 2.19 bits per heavy atom. The predicted molar refractivity (Wildman–Crippen MR) is 70.4 cm³/mol. The quantitative estimate of drug-likeness (QED) is 0.669. The molecule has 1 heterocycles. The fourth-order valence-corrected chi connectivity index (χ4v) is 4.13. The fourth-order valence-electron chi connectivity index (χ4n) is 1.69. The summed E-state index contributed by atoms with van der Waals surface area (Å²) in [6.45, 7) is 6.00. The summed E-state index contributed by atoms with van der Waals surface area (Å²) in [6, 6.07) is 0. The third kappa shape index (κ3) is 5.03. The van der Waals surface area contributed by atoms with E-state index in [2.05, 4.69) is 17.0 Å². The van der Waals surface area contributed by atoms with Gasteiger partial charge in [0, 0.05) is 17.8 Å². The van der Waals surface area contributed by atoms with E-state index in [1.165, 1.54) is 6.42 Å². The van der Waals surface area contributed by atoms with Crippen LogP contribution in [0.3, 0.4) is 0 Å². The molecule has 0 bridgehead atoms. The number of nitrogens with one attached hydrogen (secondary N) is 2. The maximum Gasteiger partial charge on any atom is 0.212 e. The van der Waals surface area contributed by atoms with Gasteiger partial charge in [-0.1, -0.05) is 6.92 Å². The molecule has 0 aromatic heterocycles. The summed E-state index contributed by atoms with van der Waals surface area (Å²) in [5.74, 6) is 1.32. The molecule has 0 amide bonds. The van der Waals surface area contributed by atoms with E-state index < -0.39 is 10.0 Å². The molecular weight excluding hydrogens is 244 g/mol. The Bertz CT molecular complexity index is 298. The van der Waals surface area contributed by atoms with Crippen molar-refractivity contribution in [1.82, 2.24) is 10.0 Å². The number of rotatable bonds is 7. The van der Waals surface area contributed by atoms with Crippen molar-refractivity contribution in [3.05, 3.63) is 0 Å². The lowest BCUT2D eigenvalue weighted by Gasteiger charge is -2.22. The average molecular weight is 266 g/mol. The zero-order chi connectivity index (χ0) is 12.1. The molecule has 1 aliphatic rings. The summed E-state index contributed by atoms with van der Waals surface area (Å²) in [6.07, 6.45) is 2.30. The molecule has 0 aromatic carbocycles. The first-order valence-corrected chi connectivity index (χ1v) is 8.43. The first kappa shape index (κ1) is 14.3. The largest absolute Gasteiger partial charge is 0.316 e. The van der Waals surface area contributed by atoms with E-state index in [0.717, 1.165) is 18.7 Å². The van der Waals surface area contributed by atoms with Crippen molar-refractivity contribution in [2.24, 2.45) is 0 Å². The zero-order valence-corrected chi connectivity index (χ0v) is 11.7. The van der Waals surface area contributed by atoms with Gasteiger partial charge in [-0.15, -0.1) is 0 Å². The van der Waals surface area contributed by atoms with E-state index in [9.17, 15) is 8.42 Å². The topological polar surface area (TPSA) is 58.2 Å². The highest BCUT2D eigenvalue weighted by molar-refractivity contribution is 8.01. The zero-order valence-electron chi connectivity index (χ0n) is 10.1. The van der Waals surface area contributed by atoms with E-state index in [1.54, 1.807) is 0 Å². The monoisotopic (exact) mass is 266 g/mol. The van der Waals surface area contributed by atoms with Crippen LogP contribution in [0.2, 0.25) is 0 Å². The van der Waals surface area contributed by atoms with Crippen molar-refractivity contribution in [2.45, 2.75) is 31.4 Å². The van der Waals surface area contributed by atoms with Gasteiger partial charge in [-0.25, -0.2) is 13.1 Å². The molecule has 2 N–H and O–H groups in total. The lowest BCUT2D eigenvalue weighted by Crippen LogP contribution is -2.39. The van der Waals surface area contributed by atoms with Crippen LogP contribution in [0.4, 0.5) is 0 Å². The van der Waals surface area contributed by atoms with Gasteiger partial charge in [0.25, 0.3) is 0 Å². The second-order valence-corrected chi connectivity index (χ2v) is 8.00. The standard InChI is InChI=1S/C10H22N2O2S2/c1-3-11-6-8-16(13,14)12-9-10(2)5-4-7-15-10/h11-12H,3-9H2,1-2H3. The first-order valence-electron chi connectivity index (χ1n) is 5.79. The molecule has 0 saturated carbocycles. The third-order valence-corrected chi connectivity index (χ3v) is 5.63.